The van der Waals surface area contributed by atoms with E-state index in [1.54, 1.807) is 18.3 Å². The maximum Gasteiger partial charge on any atom is 0.293 e. The third-order valence-electron chi connectivity index (χ3n) is 8.22. The number of primary amides is 1. The number of anilines is 1. The molecule has 0 aliphatic carbocycles. The van der Waals surface area contributed by atoms with Crippen molar-refractivity contribution >= 4 is 38.2 Å². The van der Waals surface area contributed by atoms with E-state index in [9.17, 15) is 27.7 Å². The molecule has 2 aliphatic rings. The Hall–Kier alpha value is -4.60. The van der Waals surface area contributed by atoms with Crippen molar-refractivity contribution in [2.75, 3.05) is 31.6 Å². The van der Waals surface area contributed by atoms with Crippen molar-refractivity contribution in [2.45, 2.75) is 47.3 Å². The zero-order valence-electron chi connectivity index (χ0n) is 24.0. The highest BCUT2D eigenvalue weighted by Gasteiger charge is 2.34. The Morgan fingerprint density at radius 2 is 1.98 bits per heavy atom. The Bertz CT molecular complexity index is 1860. The van der Waals surface area contributed by atoms with Gasteiger partial charge in [-0.05, 0) is 55.7 Å². The molecule has 1 amide bonds. The number of pyridine rings is 1. The Labute approximate surface area is 257 Å². The number of amides is 1. The van der Waals surface area contributed by atoms with Gasteiger partial charge in [0.2, 0.25) is 9.84 Å². The SMILES string of the molecule is NC(=O)c1cccc(S(=O)(=O)c2ccc(NC3CCN([C@H]4CCOC[C@H]4F)CC3)c([N+](=O)[O-])c2)c1Oc1cnc2[nH]ccc2c1. The molecule has 0 saturated carbocycles. The van der Waals surface area contributed by atoms with E-state index in [0.29, 0.717) is 50.0 Å². The molecule has 0 bridgehead atoms. The smallest absolute Gasteiger partial charge is 0.293 e. The molecule has 0 unspecified atom stereocenters. The number of H-pyrrole nitrogens is 1. The van der Waals surface area contributed by atoms with E-state index >= 15 is 0 Å². The first-order valence-electron chi connectivity index (χ1n) is 14.4. The van der Waals surface area contributed by atoms with E-state index in [0.717, 1.165) is 6.07 Å². The number of benzene rings is 2. The number of aromatic amines is 1. The molecular formula is C30H31FN6O7S. The number of para-hydroxylation sites is 1. The Balaban J connectivity index is 1.26. The van der Waals surface area contributed by atoms with Gasteiger partial charge in [0, 0.05) is 49.4 Å². The minimum absolute atomic E-state index is 0.0886. The minimum Gasteiger partial charge on any atom is -0.453 e. The summed E-state index contributed by atoms with van der Waals surface area (Å²) in [6.07, 6.45) is 3.87. The number of fused-ring (bicyclic) bond motifs is 1. The lowest BCUT2D eigenvalue weighted by atomic mass is 9.98. The zero-order valence-corrected chi connectivity index (χ0v) is 24.8. The average molecular weight is 639 g/mol. The highest BCUT2D eigenvalue weighted by Crippen LogP contribution is 2.38. The number of carbonyl (C=O) groups excluding carboxylic acids is 1. The number of sulfone groups is 1. The molecule has 4 heterocycles. The van der Waals surface area contributed by atoms with Gasteiger partial charge in [-0.25, -0.2) is 17.8 Å². The quantitative estimate of drug-likeness (QED) is 0.177. The number of nitrogens with two attached hydrogens (primary N) is 1. The number of piperidine rings is 1. The lowest BCUT2D eigenvalue weighted by Crippen LogP contribution is -2.51. The van der Waals surface area contributed by atoms with Crippen LogP contribution in [0.4, 0.5) is 15.8 Å². The van der Waals surface area contributed by atoms with E-state index in [1.165, 1.54) is 36.5 Å². The number of aromatic nitrogens is 2. The normalized spacial score (nSPS) is 19.8. The Kier molecular flexibility index (Phi) is 8.40. The molecule has 0 spiro atoms. The fourth-order valence-electron chi connectivity index (χ4n) is 5.90. The molecule has 15 heteroatoms. The van der Waals surface area contributed by atoms with Gasteiger partial charge in [0.1, 0.15) is 28.2 Å². The predicted molar refractivity (Wildman–Crippen MR) is 162 cm³/mol. The van der Waals surface area contributed by atoms with Gasteiger partial charge < -0.3 is 25.5 Å². The number of likely N-dealkylation sites (tertiary alicyclic amines) is 1. The van der Waals surface area contributed by atoms with Crippen LogP contribution in [-0.2, 0) is 14.6 Å². The molecule has 45 heavy (non-hydrogen) atoms. The molecular weight excluding hydrogens is 607 g/mol. The van der Waals surface area contributed by atoms with E-state index in [1.807, 2.05) is 0 Å². The second kappa shape index (κ2) is 12.4. The zero-order chi connectivity index (χ0) is 31.7. The molecule has 6 rings (SSSR count). The Morgan fingerprint density at radius 1 is 1.18 bits per heavy atom. The van der Waals surface area contributed by atoms with Crippen LogP contribution in [0, 0.1) is 10.1 Å². The minimum atomic E-state index is -4.45. The van der Waals surface area contributed by atoms with E-state index in [-0.39, 0.29) is 46.3 Å². The molecule has 0 radical (unpaired) electrons. The highest BCUT2D eigenvalue weighted by atomic mass is 32.2. The van der Waals surface area contributed by atoms with Crippen LogP contribution >= 0.6 is 0 Å². The standard InChI is InChI=1S/C30H31FN6O7S/c31-23-17-43-13-9-25(23)36-11-7-19(8-12-36)35-24-5-4-21(15-26(24)37(39)40)45(41,42)27-3-1-2-22(29(32)38)28(27)44-20-14-18-6-10-33-30(18)34-16-20/h1-6,10,14-16,19,23,25,35H,7-9,11-13,17H2,(H2,32,38)(H,33,34)/t23-,25+/m1/s1. The van der Waals surface area contributed by atoms with Gasteiger partial charge in [0.05, 0.1) is 28.2 Å². The number of nitro benzene ring substituents is 1. The van der Waals surface area contributed by atoms with E-state index < -0.39 is 37.4 Å². The third-order valence-corrected chi connectivity index (χ3v) is 9.99. The molecule has 236 valence electrons. The summed E-state index contributed by atoms with van der Waals surface area (Å²) in [4.78, 5) is 32.3. The van der Waals surface area contributed by atoms with Gasteiger partial charge in [0.15, 0.2) is 5.75 Å². The molecule has 2 aromatic carbocycles. The molecule has 2 fully saturated rings. The van der Waals surface area contributed by atoms with Crippen LogP contribution in [0.1, 0.15) is 29.6 Å². The monoisotopic (exact) mass is 638 g/mol. The summed E-state index contributed by atoms with van der Waals surface area (Å²) in [7, 11) is -4.45. The van der Waals surface area contributed by atoms with Gasteiger partial charge in [-0.2, -0.15) is 0 Å². The maximum absolute atomic E-state index is 14.4. The molecule has 2 aliphatic heterocycles. The first-order chi connectivity index (χ1) is 21.6. The number of nitrogens with one attached hydrogen (secondary N) is 2. The van der Waals surface area contributed by atoms with Gasteiger partial charge in [0.25, 0.3) is 11.6 Å². The lowest BCUT2D eigenvalue weighted by Gasteiger charge is -2.40. The summed E-state index contributed by atoms with van der Waals surface area (Å²) in [6.45, 7) is 1.85. The van der Waals surface area contributed by atoms with Crippen LogP contribution in [0.3, 0.4) is 0 Å². The number of hydrogen-bond donors (Lipinski definition) is 3. The third kappa shape index (κ3) is 6.18. The molecule has 2 aromatic heterocycles. The summed E-state index contributed by atoms with van der Waals surface area (Å²) >= 11 is 0. The first kappa shape index (κ1) is 30.4. The van der Waals surface area contributed by atoms with Gasteiger partial charge >= 0.3 is 0 Å². The topological polar surface area (TPSA) is 183 Å². The largest absolute Gasteiger partial charge is 0.453 e. The van der Waals surface area contributed by atoms with Crippen LogP contribution in [0.15, 0.2) is 70.7 Å². The van der Waals surface area contributed by atoms with Crippen molar-refractivity contribution in [3.63, 3.8) is 0 Å². The van der Waals surface area contributed by atoms with Crippen molar-refractivity contribution < 1.29 is 32.0 Å². The van der Waals surface area contributed by atoms with Crippen LogP contribution in [0.25, 0.3) is 11.0 Å². The van der Waals surface area contributed by atoms with E-state index in [4.69, 9.17) is 15.2 Å². The van der Waals surface area contributed by atoms with Gasteiger partial charge in [-0.15, -0.1) is 0 Å². The van der Waals surface area contributed by atoms with Crippen LogP contribution in [0.5, 0.6) is 11.5 Å². The molecule has 4 aromatic rings. The van der Waals surface area contributed by atoms with Gasteiger partial charge in [-0.1, -0.05) is 6.07 Å². The number of nitrogens with zero attached hydrogens (tertiary/aromatic N) is 3. The first-order valence-corrected chi connectivity index (χ1v) is 15.9. The van der Waals surface area contributed by atoms with Crippen LogP contribution < -0.4 is 15.8 Å². The highest BCUT2D eigenvalue weighted by molar-refractivity contribution is 7.91. The summed E-state index contributed by atoms with van der Waals surface area (Å²) < 4.78 is 53.4. The fourth-order valence-corrected chi connectivity index (χ4v) is 7.32. The summed E-state index contributed by atoms with van der Waals surface area (Å²) in [6, 6.07) is 10.6. The van der Waals surface area contributed by atoms with Crippen molar-refractivity contribution in [1.29, 1.82) is 0 Å². The number of hydrogen-bond acceptors (Lipinski definition) is 10. The number of carbonyl (C=O) groups is 1. The van der Waals surface area contributed by atoms with Crippen molar-refractivity contribution in [3.8, 4) is 11.5 Å². The number of nitro groups is 1. The van der Waals surface area contributed by atoms with Crippen molar-refractivity contribution in [1.82, 2.24) is 14.9 Å². The van der Waals surface area contributed by atoms with Crippen LogP contribution in [0.2, 0.25) is 0 Å². The summed E-state index contributed by atoms with van der Waals surface area (Å²) in [5.41, 5.74) is 5.69. The van der Waals surface area contributed by atoms with Gasteiger partial charge in [-0.3, -0.25) is 19.8 Å². The molecule has 13 nitrogen and oxygen atoms in total. The number of ether oxygens (including phenoxy) is 2. The second-order valence-electron chi connectivity index (χ2n) is 11.0. The Morgan fingerprint density at radius 3 is 2.71 bits per heavy atom. The number of alkyl halides is 1. The molecule has 4 N–H and O–H groups in total. The molecule has 2 saturated heterocycles. The lowest BCUT2D eigenvalue weighted by molar-refractivity contribution is -0.384. The van der Waals surface area contributed by atoms with E-state index in [2.05, 4.69) is 20.2 Å². The number of halogens is 1. The van der Waals surface area contributed by atoms with Crippen LogP contribution in [-0.4, -0.2) is 78.7 Å². The second-order valence-corrected chi connectivity index (χ2v) is 12.9. The molecule has 2 atom stereocenters. The van der Waals surface area contributed by atoms with Crippen molar-refractivity contribution in [3.05, 3.63) is 76.6 Å². The maximum atomic E-state index is 14.4. The summed E-state index contributed by atoms with van der Waals surface area (Å²) in [5.74, 6) is -1.09. The fraction of sp³-hybridized carbons (Fsp3) is 0.333. The average Bonchev–Trinajstić information content (AvgIpc) is 3.50. The van der Waals surface area contributed by atoms with Crippen molar-refractivity contribution in [2.24, 2.45) is 5.73 Å². The number of rotatable bonds is 9. The predicted octanol–water partition coefficient (Wildman–Crippen LogP) is 4.20. The summed E-state index contributed by atoms with van der Waals surface area (Å²) in [5, 5.41) is 16.0.